The van der Waals surface area contributed by atoms with Crippen LogP contribution in [-0.4, -0.2) is 11.7 Å². The topological polar surface area (TPSA) is 41.5 Å². The van der Waals surface area contributed by atoms with Crippen molar-refractivity contribution in [1.29, 1.82) is 0 Å². The van der Waals surface area contributed by atoms with Gasteiger partial charge in [0.05, 0.1) is 6.61 Å². The van der Waals surface area contributed by atoms with Gasteiger partial charge in [-0.25, -0.2) is 0 Å². The largest absolute Gasteiger partial charge is 0.504 e. The van der Waals surface area contributed by atoms with Crippen LogP contribution in [0.25, 0.3) is 0 Å². The molecule has 3 nitrogen and oxygen atoms in total. The predicted octanol–water partition coefficient (Wildman–Crippen LogP) is 4.82. The van der Waals surface area contributed by atoms with Gasteiger partial charge in [-0.05, 0) is 58.7 Å². The zero-order chi connectivity index (χ0) is 14.5. The minimum absolute atomic E-state index is 0.156. The van der Waals surface area contributed by atoms with Crippen molar-refractivity contribution in [2.24, 2.45) is 0 Å². The first-order chi connectivity index (χ1) is 9.60. The number of benzene rings is 2. The molecule has 2 rings (SSSR count). The number of anilines is 1. The first-order valence-electron chi connectivity index (χ1n) is 6.23. The van der Waals surface area contributed by atoms with E-state index in [0.29, 0.717) is 23.9 Å². The molecule has 0 aliphatic carbocycles. The molecule has 5 heteroatoms. The highest BCUT2D eigenvalue weighted by Gasteiger charge is 2.05. The van der Waals surface area contributed by atoms with E-state index in [-0.39, 0.29) is 5.75 Å². The van der Waals surface area contributed by atoms with Gasteiger partial charge in [0.25, 0.3) is 0 Å². The second kappa shape index (κ2) is 6.86. The Balaban J connectivity index is 2.08. The molecule has 2 aromatic carbocycles. The number of hydrogen-bond donors (Lipinski definition) is 2. The molecular formula is C15H15BrClNO2. The highest BCUT2D eigenvalue weighted by Crippen LogP contribution is 2.29. The van der Waals surface area contributed by atoms with E-state index in [1.165, 1.54) is 0 Å². The molecule has 2 N–H and O–H groups in total. The molecule has 0 saturated carbocycles. The third kappa shape index (κ3) is 3.81. The van der Waals surface area contributed by atoms with Gasteiger partial charge in [0.1, 0.15) is 0 Å². The van der Waals surface area contributed by atoms with Gasteiger partial charge in [0.15, 0.2) is 11.5 Å². The number of phenols is 1. The molecule has 0 spiro atoms. The molecule has 0 atom stereocenters. The molecule has 0 aromatic heterocycles. The van der Waals surface area contributed by atoms with Gasteiger partial charge in [0, 0.05) is 21.7 Å². The molecule has 0 fully saturated rings. The van der Waals surface area contributed by atoms with Crippen molar-refractivity contribution < 1.29 is 9.84 Å². The monoisotopic (exact) mass is 355 g/mol. The summed E-state index contributed by atoms with van der Waals surface area (Å²) in [5.74, 6) is 0.658. The number of aromatic hydroxyl groups is 1. The second-order valence-electron chi connectivity index (χ2n) is 4.21. The van der Waals surface area contributed by atoms with E-state index in [1.54, 1.807) is 6.07 Å². The quantitative estimate of drug-likeness (QED) is 0.807. The van der Waals surface area contributed by atoms with E-state index < -0.39 is 0 Å². The van der Waals surface area contributed by atoms with Gasteiger partial charge in [-0.15, -0.1) is 0 Å². The first-order valence-corrected chi connectivity index (χ1v) is 7.41. The maximum absolute atomic E-state index is 9.66. The third-order valence-corrected chi connectivity index (χ3v) is 3.63. The standard InChI is InChI=1S/C15H15BrClNO2/c1-2-20-15-7-10(3-6-14(15)19)9-18-13-5-4-11(17)8-12(13)16/h3-8,18-19H,2,9H2,1H3. The second-order valence-corrected chi connectivity index (χ2v) is 5.50. The molecule has 0 heterocycles. The Kier molecular flexibility index (Phi) is 5.15. The highest BCUT2D eigenvalue weighted by atomic mass is 79.9. The first kappa shape index (κ1) is 15.0. The van der Waals surface area contributed by atoms with Crippen molar-refractivity contribution in [2.45, 2.75) is 13.5 Å². The molecular weight excluding hydrogens is 342 g/mol. The van der Waals surface area contributed by atoms with Gasteiger partial charge >= 0.3 is 0 Å². The van der Waals surface area contributed by atoms with Crippen LogP contribution in [0.5, 0.6) is 11.5 Å². The fourth-order valence-corrected chi connectivity index (χ4v) is 2.59. The van der Waals surface area contributed by atoms with Crippen molar-refractivity contribution in [3.8, 4) is 11.5 Å². The summed E-state index contributed by atoms with van der Waals surface area (Å²) in [6, 6.07) is 10.9. The lowest BCUT2D eigenvalue weighted by Crippen LogP contribution is -2.01. The number of halogens is 2. The van der Waals surface area contributed by atoms with Crippen molar-refractivity contribution in [3.63, 3.8) is 0 Å². The van der Waals surface area contributed by atoms with Crippen LogP contribution in [0.4, 0.5) is 5.69 Å². The Morgan fingerprint density at radius 1 is 1.25 bits per heavy atom. The fourth-order valence-electron chi connectivity index (χ4n) is 1.77. The molecule has 0 unspecified atom stereocenters. The van der Waals surface area contributed by atoms with Crippen LogP contribution in [0.1, 0.15) is 12.5 Å². The van der Waals surface area contributed by atoms with Crippen LogP contribution in [0, 0.1) is 0 Å². The lowest BCUT2D eigenvalue weighted by atomic mass is 10.2. The normalized spacial score (nSPS) is 10.3. The van der Waals surface area contributed by atoms with Gasteiger partial charge < -0.3 is 15.2 Å². The lowest BCUT2D eigenvalue weighted by molar-refractivity contribution is 0.318. The van der Waals surface area contributed by atoms with Gasteiger partial charge in [0.2, 0.25) is 0 Å². The van der Waals surface area contributed by atoms with Crippen LogP contribution in [0.2, 0.25) is 5.02 Å². The van der Waals surface area contributed by atoms with Gasteiger partial charge in [-0.2, -0.15) is 0 Å². The fraction of sp³-hybridized carbons (Fsp3) is 0.200. The summed E-state index contributed by atoms with van der Waals surface area (Å²) in [6.45, 7) is 3.03. The molecule has 2 aromatic rings. The molecule has 0 aliphatic heterocycles. The van der Waals surface area contributed by atoms with Crippen LogP contribution in [-0.2, 0) is 6.54 Å². The molecule has 0 saturated heterocycles. The Morgan fingerprint density at radius 3 is 2.75 bits per heavy atom. The van der Waals surface area contributed by atoms with Crippen LogP contribution in [0.15, 0.2) is 40.9 Å². The van der Waals surface area contributed by atoms with Crippen molar-refractivity contribution >= 4 is 33.2 Å². The average molecular weight is 357 g/mol. The number of nitrogens with one attached hydrogen (secondary N) is 1. The van der Waals surface area contributed by atoms with Crippen molar-refractivity contribution in [2.75, 3.05) is 11.9 Å². The summed E-state index contributed by atoms with van der Waals surface area (Å²) in [4.78, 5) is 0. The minimum atomic E-state index is 0.156. The molecule has 0 bridgehead atoms. The maximum Gasteiger partial charge on any atom is 0.161 e. The lowest BCUT2D eigenvalue weighted by Gasteiger charge is -2.11. The minimum Gasteiger partial charge on any atom is -0.504 e. The Bertz CT molecular complexity index is 604. The molecule has 106 valence electrons. The number of ether oxygens (including phenoxy) is 1. The average Bonchev–Trinajstić information content (AvgIpc) is 2.41. The molecule has 0 amide bonds. The SMILES string of the molecule is CCOc1cc(CNc2ccc(Cl)cc2Br)ccc1O. The summed E-state index contributed by atoms with van der Waals surface area (Å²) in [5, 5.41) is 13.6. The van der Waals surface area contributed by atoms with Crippen molar-refractivity contribution in [1.82, 2.24) is 0 Å². The van der Waals surface area contributed by atoms with Crippen LogP contribution in [0.3, 0.4) is 0 Å². The number of rotatable bonds is 5. The van der Waals surface area contributed by atoms with E-state index in [4.69, 9.17) is 16.3 Å². The van der Waals surface area contributed by atoms with E-state index in [0.717, 1.165) is 15.7 Å². The van der Waals surface area contributed by atoms with Crippen LogP contribution < -0.4 is 10.1 Å². The Labute approximate surface area is 131 Å². The number of phenolic OH excluding ortho intramolecular Hbond substituents is 1. The molecule has 0 radical (unpaired) electrons. The van der Waals surface area contributed by atoms with Gasteiger partial charge in [-0.1, -0.05) is 17.7 Å². The molecule has 0 aliphatic rings. The van der Waals surface area contributed by atoms with Gasteiger partial charge in [-0.3, -0.25) is 0 Å². The summed E-state index contributed by atoms with van der Waals surface area (Å²) in [5.41, 5.74) is 1.98. The van der Waals surface area contributed by atoms with Crippen molar-refractivity contribution in [3.05, 3.63) is 51.5 Å². The summed E-state index contributed by atoms with van der Waals surface area (Å²) in [6.07, 6.45) is 0. The summed E-state index contributed by atoms with van der Waals surface area (Å²) in [7, 11) is 0. The zero-order valence-corrected chi connectivity index (χ0v) is 13.3. The smallest absolute Gasteiger partial charge is 0.161 e. The predicted molar refractivity (Wildman–Crippen MR) is 85.8 cm³/mol. The van der Waals surface area contributed by atoms with E-state index in [2.05, 4.69) is 21.2 Å². The summed E-state index contributed by atoms with van der Waals surface area (Å²) >= 11 is 9.36. The zero-order valence-electron chi connectivity index (χ0n) is 11.0. The molecule has 20 heavy (non-hydrogen) atoms. The number of hydrogen-bond acceptors (Lipinski definition) is 3. The van der Waals surface area contributed by atoms with Crippen LogP contribution >= 0.6 is 27.5 Å². The Hall–Kier alpha value is -1.39. The maximum atomic E-state index is 9.66. The van der Waals surface area contributed by atoms with E-state index in [9.17, 15) is 5.11 Å². The Morgan fingerprint density at radius 2 is 2.05 bits per heavy atom. The highest BCUT2D eigenvalue weighted by molar-refractivity contribution is 9.10. The van der Waals surface area contributed by atoms with E-state index in [1.807, 2.05) is 37.3 Å². The third-order valence-electron chi connectivity index (χ3n) is 2.74. The van der Waals surface area contributed by atoms with E-state index >= 15 is 0 Å². The summed E-state index contributed by atoms with van der Waals surface area (Å²) < 4.78 is 6.28.